The van der Waals surface area contributed by atoms with Crippen molar-refractivity contribution in [3.63, 3.8) is 0 Å². The molecule has 162 valence electrons. The van der Waals surface area contributed by atoms with Gasteiger partial charge in [0.15, 0.2) is 6.10 Å². The average Bonchev–Trinajstić information content (AvgIpc) is 2.72. The summed E-state index contributed by atoms with van der Waals surface area (Å²) < 4.78 is 5.91. The van der Waals surface area contributed by atoms with Crippen LogP contribution in [-0.4, -0.2) is 50.1 Å². The molecule has 0 bridgehead atoms. The van der Waals surface area contributed by atoms with Crippen molar-refractivity contribution < 1.29 is 9.53 Å². The summed E-state index contributed by atoms with van der Waals surface area (Å²) in [4.78, 5) is 17.4. The summed E-state index contributed by atoms with van der Waals surface area (Å²) >= 11 is 0. The lowest BCUT2D eigenvalue weighted by Gasteiger charge is -2.35. The Morgan fingerprint density at radius 2 is 1.77 bits per heavy atom. The van der Waals surface area contributed by atoms with Gasteiger partial charge in [-0.25, -0.2) is 0 Å². The van der Waals surface area contributed by atoms with E-state index in [1.165, 1.54) is 16.8 Å². The number of nitrogens with zero attached hydrogens (tertiary/aromatic N) is 2. The molecule has 0 radical (unpaired) electrons. The van der Waals surface area contributed by atoms with E-state index in [1.54, 1.807) is 6.92 Å². The Balaban J connectivity index is 1.58. The Labute approximate surface area is 181 Å². The van der Waals surface area contributed by atoms with E-state index in [0.29, 0.717) is 12.5 Å². The first-order valence-electron chi connectivity index (χ1n) is 10.9. The molecule has 1 heterocycles. The number of rotatable bonds is 7. The SMILES string of the molecule is Cc1cc(OC(C)C(=O)NCc2ccccc2N2CCN(C)CC2)ccc1C(C)C. The van der Waals surface area contributed by atoms with Gasteiger partial charge in [-0.15, -0.1) is 0 Å². The molecule has 2 aromatic rings. The van der Waals surface area contributed by atoms with Crippen molar-refractivity contribution in [2.75, 3.05) is 38.1 Å². The number of carbonyl (C=O) groups is 1. The fourth-order valence-electron chi connectivity index (χ4n) is 3.97. The zero-order valence-electron chi connectivity index (χ0n) is 18.9. The number of amides is 1. The van der Waals surface area contributed by atoms with Crippen molar-refractivity contribution in [2.24, 2.45) is 0 Å². The summed E-state index contributed by atoms with van der Waals surface area (Å²) in [7, 11) is 2.16. The van der Waals surface area contributed by atoms with Crippen LogP contribution >= 0.6 is 0 Å². The maximum absolute atomic E-state index is 12.7. The molecule has 1 aliphatic heterocycles. The summed E-state index contributed by atoms with van der Waals surface area (Å²) in [6.07, 6.45) is -0.551. The van der Waals surface area contributed by atoms with Gasteiger partial charge in [0.05, 0.1) is 0 Å². The summed E-state index contributed by atoms with van der Waals surface area (Å²) in [6.45, 7) is 12.9. The number of anilines is 1. The first-order chi connectivity index (χ1) is 14.3. The summed E-state index contributed by atoms with van der Waals surface area (Å²) in [5.41, 5.74) is 4.84. The lowest BCUT2D eigenvalue weighted by molar-refractivity contribution is -0.127. The minimum absolute atomic E-state index is 0.103. The molecule has 1 aliphatic rings. The van der Waals surface area contributed by atoms with Gasteiger partial charge in [-0.2, -0.15) is 0 Å². The number of hydrogen-bond acceptors (Lipinski definition) is 4. The highest BCUT2D eigenvalue weighted by Crippen LogP contribution is 2.24. The zero-order valence-corrected chi connectivity index (χ0v) is 18.9. The zero-order chi connectivity index (χ0) is 21.7. The second kappa shape index (κ2) is 9.98. The minimum atomic E-state index is -0.551. The van der Waals surface area contributed by atoms with E-state index in [2.05, 4.69) is 67.2 Å². The third-order valence-corrected chi connectivity index (χ3v) is 5.83. The van der Waals surface area contributed by atoms with Crippen LogP contribution in [0.4, 0.5) is 5.69 Å². The molecule has 30 heavy (non-hydrogen) atoms. The van der Waals surface area contributed by atoms with Crippen LogP contribution in [0.15, 0.2) is 42.5 Å². The Kier molecular flexibility index (Phi) is 7.38. The van der Waals surface area contributed by atoms with Crippen molar-refractivity contribution in [2.45, 2.75) is 46.3 Å². The van der Waals surface area contributed by atoms with Crippen molar-refractivity contribution in [3.8, 4) is 5.75 Å². The molecule has 2 aromatic carbocycles. The lowest BCUT2D eigenvalue weighted by atomic mass is 9.98. The van der Waals surface area contributed by atoms with Gasteiger partial charge in [-0.3, -0.25) is 4.79 Å². The van der Waals surface area contributed by atoms with Gasteiger partial charge in [0.1, 0.15) is 5.75 Å². The molecule has 5 heteroatoms. The minimum Gasteiger partial charge on any atom is -0.481 e. The van der Waals surface area contributed by atoms with E-state index in [1.807, 2.05) is 18.2 Å². The lowest BCUT2D eigenvalue weighted by Crippen LogP contribution is -2.45. The Bertz CT molecular complexity index is 857. The van der Waals surface area contributed by atoms with E-state index in [-0.39, 0.29) is 5.91 Å². The monoisotopic (exact) mass is 409 g/mol. The second-order valence-electron chi connectivity index (χ2n) is 8.57. The summed E-state index contributed by atoms with van der Waals surface area (Å²) in [5, 5.41) is 3.05. The molecular formula is C25H35N3O2. The van der Waals surface area contributed by atoms with Crippen molar-refractivity contribution in [3.05, 3.63) is 59.2 Å². The highest BCUT2D eigenvalue weighted by molar-refractivity contribution is 5.80. The second-order valence-corrected chi connectivity index (χ2v) is 8.57. The number of hydrogen-bond donors (Lipinski definition) is 1. The van der Waals surface area contributed by atoms with E-state index < -0.39 is 6.10 Å². The third-order valence-electron chi connectivity index (χ3n) is 5.83. The molecule has 0 aromatic heterocycles. The van der Waals surface area contributed by atoms with Crippen LogP contribution in [0.2, 0.25) is 0 Å². The third kappa shape index (κ3) is 5.54. The Hall–Kier alpha value is -2.53. The van der Waals surface area contributed by atoms with Crippen LogP contribution in [0.5, 0.6) is 5.75 Å². The van der Waals surface area contributed by atoms with E-state index in [0.717, 1.165) is 37.5 Å². The Morgan fingerprint density at radius 1 is 1.07 bits per heavy atom. The van der Waals surface area contributed by atoms with Gasteiger partial charge < -0.3 is 19.9 Å². The molecular weight excluding hydrogens is 374 g/mol. The highest BCUT2D eigenvalue weighted by atomic mass is 16.5. The largest absolute Gasteiger partial charge is 0.481 e. The predicted octanol–water partition coefficient (Wildman–Crippen LogP) is 3.95. The normalized spacial score (nSPS) is 15.9. The number of likely N-dealkylation sites (N-methyl/N-ethyl adjacent to an activating group) is 1. The van der Waals surface area contributed by atoms with Crippen LogP contribution < -0.4 is 15.0 Å². The van der Waals surface area contributed by atoms with Gasteiger partial charge in [-0.05, 0) is 61.7 Å². The molecule has 1 atom stereocenters. The fourth-order valence-corrected chi connectivity index (χ4v) is 3.97. The number of para-hydroxylation sites is 1. The van der Waals surface area contributed by atoms with E-state index in [4.69, 9.17) is 4.74 Å². The molecule has 0 saturated carbocycles. The molecule has 0 spiro atoms. The number of aryl methyl sites for hydroxylation is 1. The highest BCUT2D eigenvalue weighted by Gasteiger charge is 2.19. The van der Waals surface area contributed by atoms with Crippen LogP contribution in [-0.2, 0) is 11.3 Å². The fraction of sp³-hybridized carbons (Fsp3) is 0.480. The molecule has 1 N–H and O–H groups in total. The maximum Gasteiger partial charge on any atom is 0.261 e. The Morgan fingerprint density at radius 3 is 2.43 bits per heavy atom. The molecule has 3 rings (SSSR count). The first kappa shape index (κ1) is 22.2. The first-order valence-corrected chi connectivity index (χ1v) is 10.9. The van der Waals surface area contributed by atoms with E-state index in [9.17, 15) is 4.79 Å². The van der Waals surface area contributed by atoms with Gasteiger partial charge in [0.25, 0.3) is 5.91 Å². The average molecular weight is 410 g/mol. The van der Waals surface area contributed by atoms with Gasteiger partial charge in [-0.1, -0.05) is 38.1 Å². The van der Waals surface area contributed by atoms with Crippen molar-refractivity contribution >= 4 is 11.6 Å². The molecule has 1 fully saturated rings. The van der Waals surface area contributed by atoms with Crippen LogP contribution in [0.25, 0.3) is 0 Å². The number of piperazine rings is 1. The quantitative estimate of drug-likeness (QED) is 0.752. The van der Waals surface area contributed by atoms with Gasteiger partial charge in [0, 0.05) is 38.4 Å². The number of ether oxygens (including phenoxy) is 1. The molecule has 0 aliphatic carbocycles. The maximum atomic E-state index is 12.7. The van der Waals surface area contributed by atoms with Crippen LogP contribution in [0, 0.1) is 6.92 Å². The van der Waals surface area contributed by atoms with Gasteiger partial charge in [0.2, 0.25) is 0 Å². The topological polar surface area (TPSA) is 44.8 Å². The molecule has 1 saturated heterocycles. The summed E-state index contributed by atoms with van der Waals surface area (Å²) in [5.74, 6) is 1.10. The molecule has 1 unspecified atom stereocenters. The number of carbonyl (C=O) groups excluding carboxylic acids is 1. The summed E-state index contributed by atoms with van der Waals surface area (Å²) in [6, 6.07) is 14.4. The number of nitrogens with one attached hydrogen (secondary N) is 1. The standard InChI is InChI=1S/C25H35N3O2/c1-18(2)23-11-10-22(16-19(23)3)30-20(4)25(29)26-17-21-8-6-7-9-24(21)28-14-12-27(5)13-15-28/h6-11,16,18,20H,12-15,17H2,1-5H3,(H,26,29). The van der Waals surface area contributed by atoms with Crippen molar-refractivity contribution in [1.29, 1.82) is 0 Å². The van der Waals surface area contributed by atoms with Gasteiger partial charge >= 0.3 is 0 Å². The molecule has 5 nitrogen and oxygen atoms in total. The number of benzene rings is 2. The van der Waals surface area contributed by atoms with Crippen LogP contribution in [0.3, 0.4) is 0 Å². The predicted molar refractivity (Wildman–Crippen MR) is 123 cm³/mol. The van der Waals surface area contributed by atoms with Crippen molar-refractivity contribution in [1.82, 2.24) is 10.2 Å². The smallest absolute Gasteiger partial charge is 0.261 e. The van der Waals surface area contributed by atoms with E-state index >= 15 is 0 Å². The van der Waals surface area contributed by atoms with Crippen LogP contribution in [0.1, 0.15) is 43.4 Å². The molecule has 1 amide bonds.